The van der Waals surface area contributed by atoms with Gasteiger partial charge in [-0.2, -0.15) is 0 Å². The molecule has 0 fully saturated rings. The van der Waals surface area contributed by atoms with E-state index in [1.54, 1.807) is 12.1 Å². The monoisotopic (exact) mass is 389 g/mol. The Labute approximate surface area is 135 Å². The smallest absolute Gasteiger partial charge is 0.374 e. The zero-order valence-electron chi connectivity index (χ0n) is 11.2. The molecule has 0 saturated carbocycles. The number of benzene rings is 1. The Morgan fingerprint density at radius 3 is 2.64 bits per heavy atom. The molecule has 9 heteroatoms. The van der Waals surface area contributed by atoms with Gasteiger partial charge in [0, 0.05) is 4.47 Å². The summed E-state index contributed by atoms with van der Waals surface area (Å²) in [7, 11) is -3.98. The van der Waals surface area contributed by atoms with Crippen LogP contribution < -0.4 is 9.88 Å². The van der Waals surface area contributed by atoms with Crippen LogP contribution in [0.2, 0.25) is 0 Å². The van der Waals surface area contributed by atoms with Gasteiger partial charge in [-0.3, -0.25) is 0 Å². The summed E-state index contributed by atoms with van der Waals surface area (Å²) in [6, 6.07) is 9.46. The van der Waals surface area contributed by atoms with Crippen LogP contribution >= 0.6 is 15.9 Å². The highest BCUT2D eigenvalue weighted by Crippen LogP contribution is 2.17. The van der Waals surface area contributed by atoms with Crippen molar-refractivity contribution in [3.05, 3.63) is 46.6 Å². The second-order valence-electron chi connectivity index (χ2n) is 4.11. The lowest BCUT2D eigenvalue weighted by Crippen LogP contribution is -2.13. The number of primary sulfonamides is 1. The Morgan fingerprint density at radius 1 is 1.23 bits per heavy atom. The fraction of sp³-hybridized carbons (Fsp3) is 0.154. The molecule has 1 aromatic heterocycles. The van der Waals surface area contributed by atoms with Gasteiger partial charge in [-0.1, -0.05) is 22.0 Å². The average molecular weight is 390 g/mol. The molecule has 2 N–H and O–H groups in total. The predicted octanol–water partition coefficient (Wildman–Crippen LogP) is 1.93. The number of carbonyl (C=O) groups is 1. The van der Waals surface area contributed by atoms with Crippen molar-refractivity contribution in [3.63, 3.8) is 0 Å². The van der Waals surface area contributed by atoms with E-state index < -0.39 is 21.1 Å². The fourth-order valence-corrected chi connectivity index (χ4v) is 2.35. The van der Waals surface area contributed by atoms with Crippen LogP contribution in [0.25, 0.3) is 0 Å². The number of nitrogens with two attached hydrogens (primary N) is 1. The van der Waals surface area contributed by atoms with Gasteiger partial charge in [-0.25, -0.2) is 18.4 Å². The zero-order chi connectivity index (χ0) is 16.2. The molecular formula is C13H12BrNO6S. The molecule has 22 heavy (non-hydrogen) atoms. The highest BCUT2D eigenvalue weighted by atomic mass is 79.9. The molecule has 0 radical (unpaired) electrons. The molecule has 0 unspecified atom stereocenters. The van der Waals surface area contributed by atoms with E-state index in [4.69, 9.17) is 19.0 Å². The third kappa shape index (κ3) is 4.58. The molecule has 0 amide bonds. The van der Waals surface area contributed by atoms with Crippen LogP contribution in [0.3, 0.4) is 0 Å². The quantitative estimate of drug-likeness (QED) is 0.596. The highest BCUT2D eigenvalue weighted by Gasteiger charge is 2.18. The van der Waals surface area contributed by atoms with Crippen molar-refractivity contribution in [2.45, 2.75) is 5.09 Å². The van der Waals surface area contributed by atoms with Crippen molar-refractivity contribution in [1.29, 1.82) is 0 Å². The average Bonchev–Trinajstić information content (AvgIpc) is 2.93. The molecule has 0 aliphatic carbocycles. The Morgan fingerprint density at radius 2 is 2.00 bits per heavy atom. The van der Waals surface area contributed by atoms with Gasteiger partial charge in [0.05, 0.1) is 0 Å². The Bertz CT molecular complexity index is 770. The van der Waals surface area contributed by atoms with Crippen molar-refractivity contribution in [2.24, 2.45) is 5.14 Å². The van der Waals surface area contributed by atoms with E-state index in [0.717, 1.165) is 10.5 Å². The maximum absolute atomic E-state index is 11.6. The number of furan rings is 1. The van der Waals surface area contributed by atoms with Crippen molar-refractivity contribution in [3.8, 4) is 5.75 Å². The van der Waals surface area contributed by atoms with Crippen molar-refractivity contribution < 1.29 is 27.1 Å². The number of hydrogen-bond acceptors (Lipinski definition) is 6. The SMILES string of the molecule is NS(=O)(=O)c1ccc(C(=O)OCCOc2cccc(Br)c2)o1. The highest BCUT2D eigenvalue weighted by molar-refractivity contribution is 9.10. The number of esters is 1. The van der Waals surface area contributed by atoms with Gasteiger partial charge in [-0.15, -0.1) is 0 Å². The Balaban J connectivity index is 1.82. The molecule has 0 atom stereocenters. The Hall–Kier alpha value is -1.84. The molecule has 1 aromatic carbocycles. The first-order chi connectivity index (χ1) is 10.4. The van der Waals surface area contributed by atoms with Crippen LogP contribution in [0.1, 0.15) is 10.6 Å². The lowest BCUT2D eigenvalue weighted by molar-refractivity contribution is 0.0409. The van der Waals surface area contributed by atoms with E-state index in [1.165, 1.54) is 6.07 Å². The van der Waals surface area contributed by atoms with Gasteiger partial charge < -0.3 is 13.9 Å². The lowest BCUT2D eigenvalue weighted by atomic mass is 10.3. The minimum absolute atomic E-state index is 0.0171. The van der Waals surface area contributed by atoms with Gasteiger partial charge in [-0.05, 0) is 30.3 Å². The summed E-state index contributed by atoms with van der Waals surface area (Å²) >= 11 is 3.31. The minimum Gasteiger partial charge on any atom is -0.490 e. The maximum atomic E-state index is 11.6. The number of rotatable bonds is 6. The molecule has 2 aromatic rings. The summed E-state index contributed by atoms with van der Waals surface area (Å²) in [6.07, 6.45) is 0. The van der Waals surface area contributed by atoms with E-state index >= 15 is 0 Å². The Kier molecular flexibility index (Phi) is 5.22. The third-order valence-corrected chi connectivity index (χ3v) is 3.72. The number of ether oxygens (including phenoxy) is 2. The van der Waals surface area contributed by atoms with E-state index in [0.29, 0.717) is 5.75 Å². The molecule has 1 heterocycles. The first-order valence-corrected chi connectivity index (χ1v) is 8.38. The first-order valence-electron chi connectivity index (χ1n) is 6.04. The fourth-order valence-electron chi connectivity index (χ4n) is 1.50. The van der Waals surface area contributed by atoms with E-state index in [-0.39, 0.29) is 19.0 Å². The number of sulfonamides is 1. The molecule has 2 rings (SSSR count). The van der Waals surface area contributed by atoms with Crippen LogP contribution in [-0.2, 0) is 14.8 Å². The molecule has 118 valence electrons. The van der Waals surface area contributed by atoms with Gasteiger partial charge in [0.25, 0.3) is 10.0 Å². The van der Waals surface area contributed by atoms with Crippen LogP contribution in [-0.4, -0.2) is 27.6 Å². The summed E-state index contributed by atoms with van der Waals surface area (Å²) in [5, 5.41) is 4.38. The van der Waals surface area contributed by atoms with Gasteiger partial charge in [0.2, 0.25) is 10.9 Å². The van der Waals surface area contributed by atoms with Crippen LogP contribution in [0.5, 0.6) is 5.75 Å². The second kappa shape index (κ2) is 6.95. The van der Waals surface area contributed by atoms with Crippen LogP contribution in [0.4, 0.5) is 0 Å². The normalized spacial score (nSPS) is 11.2. The summed E-state index contributed by atoms with van der Waals surface area (Å²) < 4.78 is 38.0. The molecular weight excluding hydrogens is 378 g/mol. The van der Waals surface area contributed by atoms with Gasteiger partial charge in [0.15, 0.2) is 0 Å². The molecule has 0 aliphatic rings. The van der Waals surface area contributed by atoms with Crippen molar-refractivity contribution in [2.75, 3.05) is 13.2 Å². The van der Waals surface area contributed by atoms with Gasteiger partial charge in [0.1, 0.15) is 19.0 Å². The number of carbonyl (C=O) groups excluding carboxylic acids is 1. The number of hydrogen-bond donors (Lipinski definition) is 1. The maximum Gasteiger partial charge on any atom is 0.374 e. The topological polar surface area (TPSA) is 109 Å². The first kappa shape index (κ1) is 16.5. The summed E-state index contributed by atoms with van der Waals surface area (Å²) in [4.78, 5) is 11.6. The van der Waals surface area contributed by atoms with Gasteiger partial charge >= 0.3 is 5.97 Å². The summed E-state index contributed by atoms with van der Waals surface area (Å²) in [6.45, 7) is 0.127. The molecule has 7 nitrogen and oxygen atoms in total. The molecule has 0 saturated heterocycles. The largest absolute Gasteiger partial charge is 0.490 e. The van der Waals surface area contributed by atoms with E-state index in [9.17, 15) is 13.2 Å². The van der Waals surface area contributed by atoms with E-state index in [1.807, 2.05) is 12.1 Å². The predicted molar refractivity (Wildman–Crippen MR) is 80.0 cm³/mol. The van der Waals surface area contributed by atoms with E-state index in [2.05, 4.69) is 15.9 Å². The van der Waals surface area contributed by atoms with Crippen LogP contribution in [0, 0.1) is 0 Å². The number of halogens is 1. The second-order valence-corrected chi connectivity index (χ2v) is 6.51. The third-order valence-electron chi connectivity index (χ3n) is 2.44. The minimum atomic E-state index is -3.98. The summed E-state index contributed by atoms with van der Waals surface area (Å²) in [5.74, 6) is -0.417. The van der Waals surface area contributed by atoms with Crippen molar-refractivity contribution >= 4 is 31.9 Å². The molecule has 0 aliphatic heterocycles. The van der Waals surface area contributed by atoms with Crippen molar-refractivity contribution in [1.82, 2.24) is 0 Å². The standard InChI is InChI=1S/C13H12BrNO6S/c14-9-2-1-3-10(8-9)19-6-7-20-13(16)11-4-5-12(21-11)22(15,17)18/h1-5,8H,6-7H2,(H2,15,17,18). The molecule has 0 bridgehead atoms. The summed E-state index contributed by atoms with van der Waals surface area (Å²) in [5.41, 5.74) is 0. The van der Waals surface area contributed by atoms with Crippen LogP contribution in [0.15, 0.2) is 50.4 Å². The zero-order valence-corrected chi connectivity index (χ0v) is 13.6. The lowest BCUT2D eigenvalue weighted by Gasteiger charge is -2.06. The molecule has 0 spiro atoms.